The highest BCUT2D eigenvalue weighted by molar-refractivity contribution is 6.23. The summed E-state index contributed by atoms with van der Waals surface area (Å²) in [7, 11) is 0. The first kappa shape index (κ1) is 12.4. The smallest absolute Gasteiger partial charge is 0.256 e. The van der Waals surface area contributed by atoms with E-state index in [1.54, 1.807) is 12.1 Å². The number of amides is 2. The summed E-state index contributed by atoms with van der Waals surface area (Å²) in [6.07, 6.45) is 0.183. The molecule has 1 N–H and O–H groups in total. The largest absolute Gasteiger partial charge is 0.373 e. The summed E-state index contributed by atoms with van der Waals surface area (Å²) >= 11 is 0. The van der Waals surface area contributed by atoms with Crippen LogP contribution in [0.2, 0.25) is 0 Å². The van der Waals surface area contributed by atoms with Gasteiger partial charge in [-0.15, -0.1) is 0 Å². The number of hydrogen-bond donors (Lipinski definition) is 1. The Kier molecular flexibility index (Phi) is 3.21. The van der Waals surface area contributed by atoms with E-state index in [0.29, 0.717) is 5.69 Å². The van der Waals surface area contributed by atoms with Crippen LogP contribution >= 0.6 is 0 Å². The maximum Gasteiger partial charge on any atom is 0.256 e. The van der Waals surface area contributed by atoms with E-state index in [-0.39, 0.29) is 18.2 Å². The lowest BCUT2D eigenvalue weighted by molar-refractivity contribution is -0.121. The lowest BCUT2D eigenvalue weighted by atomic mass is 10.2. The topological polar surface area (TPSA) is 49.4 Å². The Bertz CT molecular complexity index is 625. The molecule has 1 fully saturated rings. The van der Waals surface area contributed by atoms with E-state index >= 15 is 0 Å². The molecular weight excluding hydrogens is 252 g/mol. The first-order valence-electron chi connectivity index (χ1n) is 6.49. The van der Waals surface area contributed by atoms with E-state index in [9.17, 15) is 9.59 Å². The summed E-state index contributed by atoms with van der Waals surface area (Å²) in [5.41, 5.74) is 1.47. The van der Waals surface area contributed by atoms with Crippen LogP contribution < -0.4 is 10.2 Å². The van der Waals surface area contributed by atoms with Crippen molar-refractivity contribution in [2.45, 2.75) is 12.5 Å². The van der Waals surface area contributed by atoms with Crippen LogP contribution in [0, 0.1) is 0 Å². The highest BCUT2D eigenvalue weighted by atomic mass is 16.2. The Morgan fingerprint density at radius 2 is 1.50 bits per heavy atom. The Balaban J connectivity index is 1.81. The number of benzene rings is 2. The predicted molar refractivity (Wildman–Crippen MR) is 77.4 cm³/mol. The van der Waals surface area contributed by atoms with E-state index in [4.69, 9.17) is 0 Å². The summed E-state index contributed by atoms with van der Waals surface area (Å²) in [6, 6.07) is 18.0. The Labute approximate surface area is 117 Å². The van der Waals surface area contributed by atoms with Gasteiger partial charge in [-0.25, -0.2) is 4.90 Å². The van der Waals surface area contributed by atoms with Gasteiger partial charge in [-0.2, -0.15) is 0 Å². The van der Waals surface area contributed by atoms with E-state index in [0.717, 1.165) is 5.69 Å². The number of anilines is 2. The second-order valence-corrected chi connectivity index (χ2v) is 4.67. The van der Waals surface area contributed by atoms with Gasteiger partial charge in [0.05, 0.1) is 12.1 Å². The van der Waals surface area contributed by atoms with Crippen LogP contribution in [0.25, 0.3) is 0 Å². The van der Waals surface area contributed by atoms with Gasteiger partial charge < -0.3 is 5.32 Å². The summed E-state index contributed by atoms with van der Waals surface area (Å²) in [6.45, 7) is 0. The van der Waals surface area contributed by atoms with Crippen LogP contribution in [0.5, 0.6) is 0 Å². The third kappa shape index (κ3) is 2.28. The molecule has 100 valence electrons. The zero-order chi connectivity index (χ0) is 13.9. The van der Waals surface area contributed by atoms with E-state index in [1.165, 1.54) is 4.90 Å². The highest BCUT2D eigenvalue weighted by Crippen LogP contribution is 2.24. The molecule has 4 nitrogen and oxygen atoms in total. The van der Waals surface area contributed by atoms with Crippen molar-refractivity contribution in [3.63, 3.8) is 0 Å². The van der Waals surface area contributed by atoms with Gasteiger partial charge >= 0.3 is 0 Å². The molecule has 3 rings (SSSR count). The average molecular weight is 266 g/mol. The van der Waals surface area contributed by atoms with E-state index < -0.39 is 6.04 Å². The fourth-order valence-corrected chi connectivity index (χ4v) is 2.33. The standard InChI is InChI=1S/C16H14N2O2/c19-15-11-14(17-12-7-3-1-4-8-12)16(20)18(15)13-9-5-2-6-10-13/h1-10,14,17H,11H2/t14-/m0/s1. The fraction of sp³-hybridized carbons (Fsp3) is 0.125. The van der Waals surface area contributed by atoms with Crippen LogP contribution in [0.15, 0.2) is 60.7 Å². The van der Waals surface area contributed by atoms with Crippen molar-refractivity contribution in [2.75, 3.05) is 10.2 Å². The molecule has 1 aliphatic rings. The molecule has 1 atom stereocenters. The van der Waals surface area contributed by atoms with Crippen molar-refractivity contribution >= 4 is 23.2 Å². The molecule has 0 aliphatic carbocycles. The van der Waals surface area contributed by atoms with Crippen molar-refractivity contribution in [3.05, 3.63) is 60.7 Å². The molecule has 2 amide bonds. The number of rotatable bonds is 3. The molecule has 0 aromatic heterocycles. The van der Waals surface area contributed by atoms with Crippen molar-refractivity contribution in [2.24, 2.45) is 0 Å². The number of carbonyl (C=O) groups excluding carboxylic acids is 2. The minimum absolute atomic E-state index is 0.172. The predicted octanol–water partition coefficient (Wildman–Crippen LogP) is 2.43. The molecule has 1 saturated heterocycles. The Morgan fingerprint density at radius 3 is 2.15 bits per heavy atom. The number of para-hydroxylation sites is 2. The summed E-state index contributed by atoms with van der Waals surface area (Å²) in [5.74, 6) is -0.375. The number of hydrogen-bond acceptors (Lipinski definition) is 3. The van der Waals surface area contributed by atoms with Gasteiger partial charge in [0.25, 0.3) is 5.91 Å². The van der Waals surface area contributed by atoms with Gasteiger partial charge in [0.15, 0.2) is 0 Å². The van der Waals surface area contributed by atoms with Crippen LogP contribution in [0.1, 0.15) is 6.42 Å². The fourth-order valence-electron chi connectivity index (χ4n) is 2.33. The molecule has 1 aliphatic heterocycles. The first-order chi connectivity index (χ1) is 9.75. The van der Waals surface area contributed by atoms with Gasteiger partial charge in [-0.05, 0) is 24.3 Å². The SMILES string of the molecule is O=C1C[C@H](Nc2ccccc2)C(=O)N1c1ccccc1. The summed E-state index contributed by atoms with van der Waals surface area (Å²) in [4.78, 5) is 25.7. The molecule has 2 aromatic rings. The zero-order valence-electron chi connectivity index (χ0n) is 10.8. The number of carbonyl (C=O) groups is 2. The van der Waals surface area contributed by atoms with E-state index in [1.807, 2.05) is 48.5 Å². The second kappa shape index (κ2) is 5.17. The molecule has 20 heavy (non-hydrogen) atoms. The van der Waals surface area contributed by atoms with Crippen molar-refractivity contribution in [3.8, 4) is 0 Å². The molecule has 2 aromatic carbocycles. The number of imide groups is 1. The van der Waals surface area contributed by atoms with Gasteiger partial charge in [0.1, 0.15) is 6.04 Å². The first-order valence-corrected chi connectivity index (χ1v) is 6.49. The number of nitrogens with one attached hydrogen (secondary N) is 1. The zero-order valence-corrected chi connectivity index (χ0v) is 10.8. The van der Waals surface area contributed by atoms with Gasteiger partial charge in [0, 0.05) is 5.69 Å². The Hall–Kier alpha value is -2.62. The molecule has 0 unspecified atom stereocenters. The van der Waals surface area contributed by atoms with Crippen LogP contribution in [0.4, 0.5) is 11.4 Å². The van der Waals surface area contributed by atoms with Gasteiger partial charge in [-0.3, -0.25) is 9.59 Å². The molecule has 4 heteroatoms. The van der Waals surface area contributed by atoms with Gasteiger partial charge in [-0.1, -0.05) is 36.4 Å². The summed E-state index contributed by atoms with van der Waals surface area (Å²) in [5, 5.41) is 3.11. The molecule has 0 spiro atoms. The molecule has 0 saturated carbocycles. The third-order valence-corrected chi connectivity index (χ3v) is 3.28. The van der Waals surface area contributed by atoms with Crippen LogP contribution in [0.3, 0.4) is 0 Å². The Morgan fingerprint density at radius 1 is 0.900 bits per heavy atom. The quantitative estimate of drug-likeness (QED) is 0.868. The van der Waals surface area contributed by atoms with Crippen molar-refractivity contribution in [1.82, 2.24) is 0 Å². The monoisotopic (exact) mass is 266 g/mol. The maximum absolute atomic E-state index is 12.4. The minimum atomic E-state index is -0.495. The third-order valence-electron chi connectivity index (χ3n) is 3.28. The normalized spacial score (nSPS) is 18.4. The second-order valence-electron chi connectivity index (χ2n) is 4.67. The van der Waals surface area contributed by atoms with Crippen molar-refractivity contribution in [1.29, 1.82) is 0 Å². The molecule has 1 heterocycles. The van der Waals surface area contributed by atoms with Crippen LogP contribution in [-0.4, -0.2) is 17.9 Å². The lowest BCUT2D eigenvalue weighted by Gasteiger charge is -2.15. The highest BCUT2D eigenvalue weighted by Gasteiger charge is 2.39. The number of nitrogens with zero attached hydrogens (tertiary/aromatic N) is 1. The minimum Gasteiger partial charge on any atom is -0.373 e. The van der Waals surface area contributed by atoms with Crippen LogP contribution in [-0.2, 0) is 9.59 Å². The molecule has 0 bridgehead atoms. The van der Waals surface area contributed by atoms with Gasteiger partial charge in [0.2, 0.25) is 5.91 Å². The lowest BCUT2D eigenvalue weighted by Crippen LogP contribution is -2.34. The maximum atomic E-state index is 12.4. The molecular formula is C16H14N2O2. The summed E-state index contributed by atoms with van der Waals surface area (Å²) < 4.78 is 0. The molecule has 0 radical (unpaired) electrons. The van der Waals surface area contributed by atoms with E-state index in [2.05, 4.69) is 5.32 Å². The average Bonchev–Trinajstić information content (AvgIpc) is 2.75. The van der Waals surface area contributed by atoms with Crippen molar-refractivity contribution < 1.29 is 9.59 Å².